The van der Waals surface area contributed by atoms with E-state index < -0.39 is 11.2 Å². The van der Waals surface area contributed by atoms with Gasteiger partial charge in [0.25, 0.3) is 5.56 Å². The summed E-state index contributed by atoms with van der Waals surface area (Å²) in [5, 5.41) is 7.17. The summed E-state index contributed by atoms with van der Waals surface area (Å²) in [6, 6.07) is 6.41. The van der Waals surface area contributed by atoms with Crippen LogP contribution in [0.4, 0.5) is 4.39 Å². The van der Waals surface area contributed by atoms with Gasteiger partial charge in [-0.2, -0.15) is 5.10 Å². The standard InChI is InChI=1S/C21H21FN6O2/c1-2-27-19-17(20(29)25-21(27)30)28(11-12-6-7-12)18(24-19)15-10-23-26-16(15)9-13-4-3-5-14(22)8-13/h3-5,8,10,12H,2,6-7,9,11H2,1H3,(H,23,26)(H,25,29,30). The van der Waals surface area contributed by atoms with Crippen molar-refractivity contribution in [1.82, 2.24) is 29.3 Å². The normalized spacial score (nSPS) is 13.9. The SMILES string of the molecule is CCn1c(=O)[nH]c(=O)c2c1nc(-c1cn[nH]c1Cc1cccc(F)c1)n2CC1CC1. The number of aryl methyl sites for hydroxylation is 1. The fourth-order valence-electron chi connectivity index (χ4n) is 3.90. The second-order valence-corrected chi connectivity index (χ2v) is 7.73. The van der Waals surface area contributed by atoms with Crippen LogP contribution in [0.1, 0.15) is 31.0 Å². The molecule has 1 saturated carbocycles. The molecular weight excluding hydrogens is 387 g/mol. The Bertz CT molecular complexity index is 1360. The van der Waals surface area contributed by atoms with Crippen LogP contribution in [0.25, 0.3) is 22.6 Å². The van der Waals surface area contributed by atoms with Crippen LogP contribution in [0.5, 0.6) is 0 Å². The van der Waals surface area contributed by atoms with Crippen molar-refractivity contribution in [1.29, 1.82) is 0 Å². The van der Waals surface area contributed by atoms with Gasteiger partial charge in [-0.3, -0.25) is 19.4 Å². The molecule has 154 valence electrons. The third-order valence-electron chi connectivity index (χ3n) is 5.57. The maximum absolute atomic E-state index is 13.6. The number of aromatic amines is 2. The lowest BCUT2D eigenvalue weighted by Gasteiger charge is -2.09. The van der Waals surface area contributed by atoms with Crippen LogP contribution in [0.2, 0.25) is 0 Å². The molecule has 0 aliphatic heterocycles. The van der Waals surface area contributed by atoms with Crippen molar-refractivity contribution in [2.45, 2.75) is 39.3 Å². The van der Waals surface area contributed by atoms with Gasteiger partial charge >= 0.3 is 5.69 Å². The number of nitrogens with one attached hydrogen (secondary N) is 2. The van der Waals surface area contributed by atoms with Gasteiger partial charge in [0.1, 0.15) is 11.6 Å². The number of hydrogen-bond donors (Lipinski definition) is 2. The summed E-state index contributed by atoms with van der Waals surface area (Å²) in [6.07, 6.45) is 4.32. The van der Waals surface area contributed by atoms with E-state index in [1.54, 1.807) is 12.3 Å². The first-order valence-electron chi connectivity index (χ1n) is 10.1. The van der Waals surface area contributed by atoms with Gasteiger partial charge in [-0.05, 0) is 43.4 Å². The number of nitrogens with zero attached hydrogens (tertiary/aromatic N) is 4. The van der Waals surface area contributed by atoms with Gasteiger partial charge in [0.05, 0.1) is 17.5 Å². The molecule has 3 heterocycles. The molecule has 0 unspecified atom stereocenters. The van der Waals surface area contributed by atoms with Gasteiger partial charge in [0, 0.05) is 19.5 Å². The first-order valence-corrected chi connectivity index (χ1v) is 10.1. The first kappa shape index (κ1) is 18.5. The summed E-state index contributed by atoms with van der Waals surface area (Å²) >= 11 is 0. The predicted octanol–water partition coefficient (Wildman–Crippen LogP) is 2.44. The molecule has 9 heteroatoms. The summed E-state index contributed by atoms with van der Waals surface area (Å²) in [4.78, 5) is 32.1. The third kappa shape index (κ3) is 3.16. The van der Waals surface area contributed by atoms with Crippen LogP contribution < -0.4 is 11.2 Å². The number of fused-ring (bicyclic) bond motifs is 1. The summed E-state index contributed by atoms with van der Waals surface area (Å²) in [7, 11) is 0. The molecule has 0 amide bonds. The summed E-state index contributed by atoms with van der Waals surface area (Å²) < 4.78 is 17.0. The minimum Gasteiger partial charge on any atom is -0.318 e. The van der Waals surface area contributed by atoms with Crippen LogP contribution in [0.15, 0.2) is 40.1 Å². The molecule has 30 heavy (non-hydrogen) atoms. The highest BCUT2D eigenvalue weighted by Crippen LogP contribution is 2.34. The number of aromatic nitrogens is 6. The van der Waals surface area contributed by atoms with Crippen LogP contribution >= 0.6 is 0 Å². The average molecular weight is 408 g/mol. The van der Waals surface area contributed by atoms with E-state index in [4.69, 9.17) is 4.98 Å². The minimum atomic E-state index is -0.468. The predicted molar refractivity (Wildman–Crippen MR) is 110 cm³/mol. The molecule has 4 aromatic rings. The monoisotopic (exact) mass is 408 g/mol. The molecule has 0 atom stereocenters. The van der Waals surface area contributed by atoms with Crippen LogP contribution in [-0.4, -0.2) is 29.3 Å². The van der Waals surface area contributed by atoms with Crippen molar-refractivity contribution in [2.24, 2.45) is 5.92 Å². The van der Waals surface area contributed by atoms with E-state index in [0.717, 1.165) is 29.7 Å². The van der Waals surface area contributed by atoms with Crippen molar-refractivity contribution in [3.05, 3.63) is 68.4 Å². The van der Waals surface area contributed by atoms with E-state index in [9.17, 15) is 14.0 Å². The number of rotatable bonds is 6. The van der Waals surface area contributed by atoms with E-state index in [1.165, 1.54) is 16.7 Å². The lowest BCUT2D eigenvalue weighted by molar-refractivity contribution is 0.626. The lowest BCUT2D eigenvalue weighted by Crippen LogP contribution is -2.30. The lowest BCUT2D eigenvalue weighted by atomic mass is 10.1. The van der Waals surface area contributed by atoms with E-state index in [2.05, 4.69) is 15.2 Å². The minimum absolute atomic E-state index is 0.298. The molecule has 1 aliphatic carbocycles. The Kier molecular flexibility index (Phi) is 4.38. The molecule has 8 nitrogen and oxygen atoms in total. The summed E-state index contributed by atoms with van der Waals surface area (Å²) in [6.45, 7) is 2.89. The Morgan fingerprint density at radius 2 is 2.07 bits per heavy atom. The van der Waals surface area contributed by atoms with Crippen molar-refractivity contribution < 1.29 is 4.39 Å². The largest absolute Gasteiger partial charge is 0.330 e. The van der Waals surface area contributed by atoms with Crippen molar-refractivity contribution in [3.63, 3.8) is 0 Å². The first-order chi connectivity index (χ1) is 14.5. The second kappa shape index (κ2) is 7.08. The summed E-state index contributed by atoms with van der Waals surface area (Å²) in [5.41, 5.74) is 2.18. The Labute approximate surface area is 170 Å². The molecule has 3 aromatic heterocycles. The van der Waals surface area contributed by atoms with Crippen LogP contribution in [0, 0.1) is 11.7 Å². The van der Waals surface area contributed by atoms with Gasteiger partial charge in [0.2, 0.25) is 0 Å². The van der Waals surface area contributed by atoms with E-state index in [-0.39, 0.29) is 5.82 Å². The second-order valence-electron chi connectivity index (χ2n) is 7.73. The fourth-order valence-corrected chi connectivity index (χ4v) is 3.90. The Morgan fingerprint density at radius 1 is 1.23 bits per heavy atom. The fraction of sp³-hybridized carbons (Fsp3) is 0.333. The Morgan fingerprint density at radius 3 is 2.80 bits per heavy atom. The van der Waals surface area contributed by atoms with Gasteiger partial charge in [0.15, 0.2) is 11.2 Å². The zero-order chi connectivity index (χ0) is 20.8. The molecule has 0 radical (unpaired) electrons. The molecule has 2 N–H and O–H groups in total. The number of benzene rings is 1. The van der Waals surface area contributed by atoms with E-state index >= 15 is 0 Å². The molecule has 1 aromatic carbocycles. The Hall–Kier alpha value is -3.49. The van der Waals surface area contributed by atoms with Gasteiger partial charge < -0.3 is 4.57 Å². The molecule has 1 aliphatic rings. The van der Waals surface area contributed by atoms with E-state index in [0.29, 0.717) is 42.4 Å². The molecule has 0 spiro atoms. The highest BCUT2D eigenvalue weighted by atomic mass is 19.1. The molecule has 0 saturated heterocycles. The quantitative estimate of drug-likeness (QED) is 0.512. The topological polar surface area (TPSA) is 101 Å². The average Bonchev–Trinajstić information content (AvgIpc) is 3.28. The maximum atomic E-state index is 13.6. The number of H-pyrrole nitrogens is 2. The number of halogens is 1. The zero-order valence-electron chi connectivity index (χ0n) is 16.5. The van der Waals surface area contributed by atoms with E-state index in [1.807, 2.05) is 17.6 Å². The molecular formula is C21H21FN6O2. The zero-order valence-corrected chi connectivity index (χ0v) is 16.5. The van der Waals surface area contributed by atoms with Crippen molar-refractivity contribution in [2.75, 3.05) is 0 Å². The molecule has 0 bridgehead atoms. The highest BCUT2D eigenvalue weighted by molar-refractivity contribution is 5.77. The summed E-state index contributed by atoms with van der Waals surface area (Å²) in [5.74, 6) is 0.782. The third-order valence-corrected chi connectivity index (χ3v) is 5.57. The van der Waals surface area contributed by atoms with Gasteiger partial charge in [-0.1, -0.05) is 12.1 Å². The molecule has 1 fully saturated rings. The maximum Gasteiger partial charge on any atom is 0.330 e. The highest BCUT2D eigenvalue weighted by Gasteiger charge is 2.28. The van der Waals surface area contributed by atoms with Crippen LogP contribution in [0.3, 0.4) is 0 Å². The number of hydrogen-bond acceptors (Lipinski definition) is 4. The Balaban J connectivity index is 1.70. The number of imidazole rings is 1. The van der Waals surface area contributed by atoms with Gasteiger partial charge in [-0.25, -0.2) is 14.2 Å². The van der Waals surface area contributed by atoms with Gasteiger partial charge in [-0.15, -0.1) is 0 Å². The molecule has 5 rings (SSSR count). The van der Waals surface area contributed by atoms with Crippen molar-refractivity contribution in [3.8, 4) is 11.4 Å². The van der Waals surface area contributed by atoms with Crippen molar-refractivity contribution >= 4 is 11.2 Å². The smallest absolute Gasteiger partial charge is 0.318 e. The van der Waals surface area contributed by atoms with Crippen LogP contribution in [-0.2, 0) is 19.5 Å².